The molecule has 0 saturated heterocycles. The number of carbonyl (C=O) groups is 3. The van der Waals surface area contributed by atoms with Gasteiger partial charge in [0.25, 0.3) is 5.91 Å². The van der Waals surface area contributed by atoms with Crippen molar-refractivity contribution in [2.75, 3.05) is 0 Å². The van der Waals surface area contributed by atoms with E-state index in [2.05, 4.69) is 10.6 Å². The molecule has 0 fully saturated rings. The quantitative estimate of drug-likeness (QED) is 0.418. The van der Waals surface area contributed by atoms with E-state index in [1.165, 1.54) is 0 Å². The average molecular weight is 459 g/mol. The van der Waals surface area contributed by atoms with E-state index >= 15 is 0 Å². The predicted octanol–water partition coefficient (Wildman–Crippen LogP) is 4.45. The highest BCUT2D eigenvalue weighted by molar-refractivity contribution is 5.98. The monoisotopic (exact) mass is 458 g/mol. The summed E-state index contributed by atoms with van der Waals surface area (Å²) in [7, 11) is 0. The van der Waals surface area contributed by atoms with E-state index in [9.17, 15) is 14.4 Å². The maximum absolute atomic E-state index is 13.0. The fraction of sp³-hybridized carbons (Fsp3) is 0.250. The van der Waals surface area contributed by atoms with Crippen molar-refractivity contribution in [1.82, 2.24) is 10.6 Å². The second kappa shape index (κ2) is 11.3. The minimum Gasteiger partial charge on any atom is -0.481 e. The summed E-state index contributed by atoms with van der Waals surface area (Å²) in [6.07, 6.45) is 0.362. The maximum Gasteiger partial charge on any atom is 0.303 e. The van der Waals surface area contributed by atoms with Crippen LogP contribution in [-0.4, -0.2) is 34.5 Å². The van der Waals surface area contributed by atoms with Crippen LogP contribution < -0.4 is 10.6 Å². The molecule has 0 bridgehead atoms. The fourth-order valence-corrected chi connectivity index (χ4v) is 3.79. The SMILES string of the molecule is CC(C)(Cc1ccccc1)NC(=O)[C@H](CCC(=O)O)NC(=O)c1ccc(-c2ccccc2)cc1. The molecule has 0 aromatic heterocycles. The van der Waals surface area contributed by atoms with E-state index in [-0.39, 0.29) is 12.8 Å². The van der Waals surface area contributed by atoms with Crippen molar-refractivity contribution in [3.63, 3.8) is 0 Å². The van der Waals surface area contributed by atoms with E-state index < -0.39 is 29.4 Å². The van der Waals surface area contributed by atoms with Crippen molar-refractivity contribution >= 4 is 17.8 Å². The summed E-state index contributed by atoms with van der Waals surface area (Å²) >= 11 is 0. The van der Waals surface area contributed by atoms with Gasteiger partial charge in [0, 0.05) is 17.5 Å². The fourth-order valence-electron chi connectivity index (χ4n) is 3.79. The normalized spacial score (nSPS) is 11.9. The molecule has 0 aliphatic carbocycles. The molecule has 2 amide bonds. The first-order valence-corrected chi connectivity index (χ1v) is 11.3. The number of amides is 2. The number of hydrogen-bond acceptors (Lipinski definition) is 3. The molecule has 176 valence electrons. The van der Waals surface area contributed by atoms with Crippen molar-refractivity contribution in [2.45, 2.75) is 44.7 Å². The highest BCUT2D eigenvalue weighted by Crippen LogP contribution is 2.19. The minimum atomic E-state index is -1.03. The Kier molecular flexibility index (Phi) is 8.19. The third-order valence-electron chi connectivity index (χ3n) is 5.47. The van der Waals surface area contributed by atoms with Crippen LogP contribution in [0.3, 0.4) is 0 Å². The van der Waals surface area contributed by atoms with Crippen LogP contribution >= 0.6 is 0 Å². The first kappa shape index (κ1) is 24.7. The zero-order valence-corrected chi connectivity index (χ0v) is 19.5. The average Bonchev–Trinajstić information content (AvgIpc) is 2.82. The van der Waals surface area contributed by atoms with Gasteiger partial charge in [-0.15, -0.1) is 0 Å². The summed E-state index contributed by atoms with van der Waals surface area (Å²) in [6, 6.07) is 25.7. The molecule has 0 saturated carbocycles. The Balaban J connectivity index is 1.69. The molecule has 6 heteroatoms. The van der Waals surface area contributed by atoms with Gasteiger partial charge in [-0.25, -0.2) is 0 Å². The molecule has 0 aliphatic heterocycles. The van der Waals surface area contributed by atoms with E-state index in [1.54, 1.807) is 12.1 Å². The van der Waals surface area contributed by atoms with Gasteiger partial charge in [0.05, 0.1) is 0 Å². The number of hydrogen-bond donors (Lipinski definition) is 3. The topological polar surface area (TPSA) is 95.5 Å². The lowest BCUT2D eigenvalue weighted by Crippen LogP contribution is -2.54. The first-order chi connectivity index (χ1) is 16.2. The Morgan fingerprint density at radius 3 is 1.97 bits per heavy atom. The summed E-state index contributed by atoms with van der Waals surface area (Å²) in [4.78, 5) is 37.1. The number of rotatable bonds is 10. The van der Waals surface area contributed by atoms with Crippen molar-refractivity contribution in [2.24, 2.45) is 0 Å². The second-order valence-corrected chi connectivity index (χ2v) is 8.94. The van der Waals surface area contributed by atoms with Crippen molar-refractivity contribution in [3.8, 4) is 11.1 Å². The van der Waals surface area contributed by atoms with Crippen LogP contribution in [0.25, 0.3) is 11.1 Å². The third-order valence-corrected chi connectivity index (χ3v) is 5.47. The van der Waals surface area contributed by atoms with E-state index in [0.29, 0.717) is 12.0 Å². The maximum atomic E-state index is 13.0. The lowest BCUT2D eigenvalue weighted by molar-refractivity contribution is -0.137. The van der Waals surface area contributed by atoms with Gasteiger partial charge < -0.3 is 15.7 Å². The summed E-state index contributed by atoms with van der Waals surface area (Å²) in [5, 5.41) is 14.8. The molecule has 0 aliphatic rings. The smallest absolute Gasteiger partial charge is 0.303 e. The van der Waals surface area contributed by atoms with E-state index in [4.69, 9.17) is 5.11 Å². The van der Waals surface area contributed by atoms with Crippen molar-refractivity contribution in [3.05, 3.63) is 96.1 Å². The molecule has 3 rings (SSSR count). The van der Waals surface area contributed by atoms with Crippen LogP contribution in [0.4, 0.5) is 0 Å². The van der Waals surface area contributed by atoms with Crippen molar-refractivity contribution < 1.29 is 19.5 Å². The standard InChI is InChI=1S/C28H30N2O4/c1-28(2,19-20-9-5-3-6-10-20)30-27(34)24(17-18-25(31)32)29-26(33)23-15-13-22(14-16-23)21-11-7-4-8-12-21/h3-16,24H,17-19H2,1-2H3,(H,29,33)(H,30,34)(H,31,32)/t24-/m0/s1. The molecule has 6 nitrogen and oxygen atoms in total. The van der Waals surface area contributed by atoms with E-state index in [1.807, 2.05) is 86.6 Å². The number of carboxylic acid groups (broad SMARTS) is 1. The summed E-state index contributed by atoms with van der Waals surface area (Å²) in [6.45, 7) is 3.80. The van der Waals surface area contributed by atoms with Crippen LogP contribution in [0.2, 0.25) is 0 Å². The molecule has 0 radical (unpaired) electrons. The zero-order valence-electron chi connectivity index (χ0n) is 19.5. The molecule has 34 heavy (non-hydrogen) atoms. The summed E-state index contributed by atoms with van der Waals surface area (Å²) in [5.41, 5.74) is 2.89. The number of aliphatic carboxylic acids is 1. The Hall–Kier alpha value is -3.93. The Morgan fingerprint density at radius 1 is 0.824 bits per heavy atom. The highest BCUT2D eigenvalue weighted by atomic mass is 16.4. The van der Waals surface area contributed by atoms with Gasteiger partial charge in [0.1, 0.15) is 6.04 Å². The largest absolute Gasteiger partial charge is 0.481 e. The third kappa shape index (κ3) is 7.30. The minimum absolute atomic E-state index is 0.00355. The van der Waals surface area contributed by atoms with Gasteiger partial charge in [-0.2, -0.15) is 0 Å². The number of carboxylic acids is 1. The molecule has 3 aromatic carbocycles. The van der Waals surface area contributed by atoms with Crippen LogP contribution in [0, 0.1) is 0 Å². The Morgan fingerprint density at radius 2 is 1.38 bits per heavy atom. The van der Waals surface area contributed by atoms with Gasteiger partial charge >= 0.3 is 5.97 Å². The van der Waals surface area contributed by atoms with Crippen LogP contribution in [0.15, 0.2) is 84.9 Å². The van der Waals surface area contributed by atoms with Crippen LogP contribution in [0.5, 0.6) is 0 Å². The van der Waals surface area contributed by atoms with Crippen LogP contribution in [0.1, 0.15) is 42.6 Å². The molecule has 0 spiro atoms. The first-order valence-electron chi connectivity index (χ1n) is 11.3. The van der Waals surface area contributed by atoms with Gasteiger partial charge in [-0.05, 0) is 55.5 Å². The number of carbonyl (C=O) groups excluding carboxylic acids is 2. The van der Waals surface area contributed by atoms with Gasteiger partial charge in [0.15, 0.2) is 0 Å². The van der Waals surface area contributed by atoms with Crippen molar-refractivity contribution in [1.29, 1.82) is 0 Å². The van der Waals surface area contributed by atoms with Gasteiger partial charge in [-0.1, -0.05) is 72.8 Å². The predicted molar refractivity (Wildman–Crippen MR) is 132 cm³/mol. The summed E-state index contributed by atoms with van der Waals surface area (Å²) < 4.78 is 0. The zero-order chi connectivity index (χ0) is 24.6. The summed E-state index contributed by atoms with van der Waals surface area (Å²) in [5.74, 6) is -1.86. The molecule has 0 unspecified atom stereocenters. The molecule has 0 heterocycles. The molecule has 3 aromatic rings. The number of benzene rings is 3. The lowest BCUT2D eigenvalue weighted by Gasteiger charge is -2.29. The van der Waals surface area contributed by atoms with Crippen LogP contribution in [-0.2, 0) is 16.0 Å². The molecule has 1 atom stereocenters. The second-order valence-electron chi connectivity index (χ2n) is 8.94. The molecular weight excluding hydrogens is 428 g/mol. The van der Waals surface area contributed by atoms with Gasteiger partial charge in [0.2, 0.25) is 5.91 Å². The van der Waals surface area contributed by atoms with Gasteiger partial charge in [-0.3, -0.25) is 14.4 Å². The molecule has 3 N–H and O–H groups in total. The Bertz CT molecular complexity index is 1110. The molecular formula is C28H30N2O4. The Labute approximate surface area is 200 Å². The number of nitrogens with one attached hydrogen (secondary N) is 2. The highest BCUT2D eigenvalue weighted by Gasteiger charge is 2.28. The lowest BCUT2D eigenvalue weighted by atomic mass is 9.94. The van der Waals surface area contributed by atoms with E-state index in [0.717, 1.165) is 16.7 Å².